The third-order valence-corrected chi connectivity index (χ3v) is 2.75. The summed E-state index contributed by atoms with van der Waals surface area (Å²) in [6.07, 6.45) is -0.586. The monoisotopic (exact) mass is 239 g/mol. The SMILES string of the molecule is CC(O)C(C)(C)Nc1ccc([N+](=O)[O-])cc1N. The first-order valence-electron chi connectivity index (χ1n) is 5.24. The van der Waals surface area contributed by atoms with E-state index in [0.29, 0.717) is 5.69 Å². The first-order valence-corrected chi connectivity index (χ1v) is 5.24. The van der Waals surface area contributed by atoms with Crippen LogP contribution in [0.15, 0.2) is 18.2 Å². The molecule has 0 saturated carbocycles. The Balaban J connectivity index is 2.98. The molecule has 0 spiro atoms. The Bertz CT molecular complexity index is 430. The maximum absolute atomic E-state index is 10.5. The number of nitrogens with one attached hydrogen (secondary N) is 1. The van der Waals surface area contributed by atoms with Gasteiger partial charge in [-0.25, -0.2) is 0 Å². The number of aliphatic hydroxyl groups is 1. The van der Waals surface area contributed by atoms with Crippen LogP contribution in [0.2, 0.25) is 0 Å². The maximum atomic E-state index is 10.5. The normalized spacial score (nSPS) is 13.2. The van der Waals surface area contributed by atoms with Crippen LogP contribution in [0.4, 0.5) is 17.1 Å². The molecule has 0 fully saturated rings. The summed E-state index contributed by atoms with van der Waals surface area (Å²) in [6, 6.07) is 4.20. The standard InChI is InChI=1S/C11H17N3O3/c1-7(15)11(2,3)13-10-5-4-8(14(16)17)6-9(10)12/h4-7,13,15H,12H2,1-3H3. The topological polar surface area (TPSA) is 101 Å². The van der Waals surface area contributed by atoms with Crippen LogP contribution in [0.3, 0.4) is 0 Å². The summed E-state index contributed by atoms with van der Waals surface area (Å²) in [6.45, 7) is 5.30. The van der Waals surface area contributed by atoms with E-state index < -0.39 is 16.6 Å². The summed E-state index contributed by atoms with van der Waals surface area (Å²) in [5.41, 5.74) is 5.96. The Labute approximate surface area is 99.6 Å². The number of rotatable bonds is 4. The van der Waals surface area contributed by atoms with Gasteiger partial charge in [0.2, 0.25) is 0 Å². The van der Waals surface area contributed by atoms with Crippen LogP contribution in [0.5, 0.6) is 0 Å². The number of non-ortho nitro benzene ring substituents is 1. The van der Waals surface area contributed by atoms with E-state index in [-0.39, 0.29) is 11.4 Å². The molecule has 0 aromatic heterocycles. The van der Waals surface area contributed by atoms with Gasteiger partial charge in [0, 0.05) is 12.1 Å². The van der Waals surface area contributed by atoms with Gasteiger partial charge in [-0.15, -0.1) is 0 Å². The first-order chi connectivity index (χ1) is 7.74. The van der Waals surface area contributed by atoms with Crippen molar-refractivity contribution in [2.24, 2.45) is 0 Å². The van der Waals surface area contributed by atoms with Gasteiger partial charge in [0.15, 0.2) is 0 Å². The smallest absolute Gasteiger partial charge is 0.271 e. The first kappa shape index (κ1) is 13.2. The molecule has 94 valence electrons. The third kappa shape index (κ3) is 3.07. The predicted octanol–water partition coefficient (Wildman–Crippen LogP) is 1.75. The second-order valence-electron chi connectivity index (χ2n) is 4.55. The minimum atomic E-state index is -0.586. The molecular formula is C11H17N3O3. The number of hydrogen-bond donors (Lipinski definition) is 3. The highest BCUT2D eigenvalue weighted by Gasteiger charge is 2.24. The van der Waals surface area contributed by atoms with E-state index in [4.69, 9.17) is 5.73 Å². The van der Waals surface area contributed by atoms with Crippen molar-refractivity contribution in [2.45, 2.75) is 32.4 Å². The van der Waals surface area contributed by atoms with Crippen molar-refractivity contribution in [1.29, 1.82) is 0 Å². The number of benzene rings is 1. The molecule has 0 aliphatic heterocycles. The molecule has 0 heterocycles. The summed E-state index contributed by atoms with van der Waals surface area (Å²) in [5.74, 6) is 0. The van der Waals surface area contributed by atoms with E-state index in [0.717, 1.165) is 0 Å². The number of aliphatic hydroxyl groups excluding tert-OH is 1. The van der Waals surface area contributed by atoms with Gasteiger partial charge in [-0.2, -0.15) is 0 Å². The fourth-order valence-corrected chi connectivity index (χ4v) is 1.23. The lowest BCUT2D eigenvalue weighted by Gasteiger charge is -2.31. The Morgan fingerprint density at radius 3 is 2.53 bits per heavy atom. The minimum absolute atomic E-state index is 0.0529. The zero-order valence-electron chi connectivity index (χ0n) is 10.1. The lowest BCUT2D eigenvalue weighted by molar-refractivity contribution is -0.384. The lowest BCUT2D eigenvalue weighted by atomic mass is 9.98. The zero-order chi connectivity index (χ0) is 13.2. The maximum Gasteiger partial charge on any atom is 0.271 e. The van der Waals surface area contributed by atoms with Crippen LogP contribution in [0, 0.1) is 10.1 Å². The van der Waals surface area contributed by atoms with Crippen LogP contribution >= 0.6 is 0 Å². The summed E-state index contributed by atoms with van der Waals surface area (Å²) in [7, 11) is 0. The van der Waals surface area contributed by atoms with Gasteiger partial charge >= 0.3 is 0 Å². The fourth-order valence-electron chi connectivity index (χ4n) is 1.23. The molecule has 1 aromatic carbocycles. The molecule has 0 saturated heterocycles. The van der Waals surface area contributed by atoms with Crippen molar-refractivity contribution in [3.8, 4) is 0 Å². The van der Waals surface area contributed by atoms with E-state index in [9.17, 15) is 15.2 Å². The molecule has 1 atom stereocenters. The Morgan fingerprint density at radius 2 is 2.12 bits per heavy atom. The highest BCUT2D eigenvalue weighted by molar-refractivity contribution is 5.70. The number of nitrogens with zero attached hydrogens (tertiary/aromatic N) is 1. The molecule has 1 unspecified atom stereocenters. The molecule has 4 N–H and O–H groups in total. The summed E-state index contributed by atoms with van der Waals surface area (Å²) < 4.78 is 0. The van der Waals surface area contributed by atoms with Gasteiger partial charge in [-0.05, 0) is 26.8 Å². The van der Waals surface area contributed by atoms with Crippen LogP contribution in [-0.2, 0) is 0 Å². The summed E-state index contributed by atoms with van der Waals surface area (Å²) in [5, 5.41) is 23.2. The molecule has 6 heteroatoms. The van der Waals surface area contributed by atoms with Gasteiger partial charge in [0.1, 0.15) is 0 Å². The third-order valence-electron chi connectivity index (χ3n) is 2.75. The largest absolute Gasteiger partial charge is 0.397 e. The second kappa shape index (κ2) is 4.58. The van der Waals surface area contributed by atoms with Crippen molar-refractivity contribution in [2.75, 3.05) is 11.1 Å². The van der Waals surface area contributed by atoms with Gasteiger partial charge in [-0.1, -0.05) is 0 Å². The average molecular weight is 239 g/mol. The number of nitrogen functional groups attached to an aromatic ring is 1. The van der Waals surface area contributed by atoms with Crippen molar-refractivity contribution >= 4 is 17.1 Å². The second-order valence-corrected chi connectivity index (χ2v) is 4.55. The van der Waals surface area contributed by atoms with E-state index in [1.807, 2.05) is 13.8 Å². The zero-order valence-corrected chi connectivity index (χ0v) is 10.1. The predicted molar refractivity (Wildman–Crippen MR) is 66.9 cm³/mol. The van der Waals surface area contributed by atoms with Crippen molar-refractivity contribution in [3.63, 3.8) is 0 Å². The summed E-state index contributed by atoms with van der Waals surface area (Å²) in [4.78, 5) is 10.0. The number of anilines is 2. The molecule has 0 aliphatic carbocycles. The van der Waals surface area contributed by atoms with Gasteiger partial charge in [0.25, 0.3) is 5.69 Å². The van der Waals surface area contributed by atoms with Crippen LogP contribution in [-0.4, -0.2) is 21.7 Å². The van der Waals surface area contributed by atoms with Crippen molar-refractivity contribution in [3.05, 3.63) is 28.3 Å². The minimum Gasteiger partial charge on any atom is -0.397 e. The van der Waals surface area contributed by atoms with E-state index in [1.165, 1.54) is 18.2 Å². The number of nitro benzene ring substituents is 1. The average Bonchev–Trinajstić information content (AvgIpc) is 2.20. The summed E-state index contributed by atoms with van der Waals surface area (Å²) >= 11 is 0. The van der Waals surface area contributed by atoms with Crippen molar-refractivity contribution in [1.82, 2.24) is 0 Å². The van der Waals surface area contributed by atoms with E-state index >= 15 is 0 Å². The number of nitrogens with two attached hydrogens (primary N) is 1. The number of nitro groups is 1. The molecule has 17 heavy (non-hydrogen) atoms. The lowest BCUT2D eigenvalue weighted by Crippen LogP contribution is -2.42. The molecule has 0 aliphatic rings. The van der Waals surface area contributed by atoms with Crippen LogP contribution < -0.4 is 11.1 Å². The van der Waals surface area contributed by atoms with Crippen LogP contribution in [0.1, 0.15) is 20.8 Å². The van der Waals surface area contributed by atoms with E-state index in [2.05, 4.69) is 5.32 Å². The van der Waals surface area contributed by atoms with Crippen LogP contribution in [0.25, 0.3) is 0 Å². The van der Waals surface area contributed by atoms with Gasteiger partial charge in [0.05, 0.1) is 27.9 Å². The highest BCUT2D eigenvalue weighted by atomic mass is 16.6. The Kier molecular flexibility index (Phi) is 3.57. The van der Waals surface area contributed by atoms with Crippen molar-refractivity contribution < 1.29 is 10.0 Å². The van der Waals surface area contributed by atoms with E-state index in [1.54, 1.807) is 6.92 Å². The molecule has 0 radical (unpaired) electrons. The molecule has 6 nitrogen and oxygen atoms in total. The molecule has 0 amide bonds. The fraction of sp³-hybridized carbons (Fsp3) is 0.455. The number of hydrogen-bond acceptors (Lipinski definition) is 5. The molecule has 1 aromatic rings. The quantitative estimate of drug-likeness (QED) is 0.422. The Morgan fingerprint density at radius 1 is 1.53 bits per heavy atom. The molecule has 1 rings (SSSR count). The molecule has 0 bridgehead atoms. The van der Waals surface area contributed by atoms with Gasteiger partial charge < -0.3 is 16.2 Å². The Hall–Kier alpha value is -1.82. The molecular weight excluding hydrogens is 222 g/mol. The van der Waals surface area contributed by atoms with Gasteiger partial charge in [-0.3, -0.25) is 10.1 Å². The highest BCUT2D eigenvalue weighted by Crippen LogP contribution is 2.27.